The fourth-order valence-corrected chi connectivity index (χ4v) is 7.70. The van der Waals surface area contributed by atoms with E-state index < -0.39 is 54.8 Å². The van der Waals surface area contributed by atoms with Gasteiger partial charge < -0.3 is 24.0 Å². The number of thioether (sulfide) groups is 1. The summed E-state index contributed by atoms with van der Waals surface area (Å²) in [7, 11) is -1.58. The van der Waals surface area contributed by atoms with Crippen LogP contribution in [0.3, 0.4) is 0 Å². The van der Waals surface area contributed by atoms with E-state index in [0.29, 0.717) is 35.6 Å². The van der Waals surface area contributed by atoms with Crippen molar-refractivity contribution in [2.45, 2.75) is 72.8 Å². The van der Waals surface area contributed by atoms with Crippen molar-refractivity contribution in [1.82, 2.24) is 10.2 Å². The minimum Gasteiger partial charge on any atom is -0.460 e. The van der Waals surface area contributed by atoms with Crippen molar-refractivity contribution < 1.29 is 42.9 Å². The van der Waals surface area contributed by atoms with Gasteiger partial charge in [-0.05, 0) is 53.9 Å². The summed E-state index contributed by atoms with van der Waals surface area (Å²) in [6.07, 6.45) is -1.86. The summed E-state index contributed by atoms with van der Waals surface area (Å²) in [6.45, 7) is 11.9. The number of hydrogen-bond acceptors (Lipinski definition) is 12. The van der Waals surface area contributed by atoms with Gasteiger partial charge in [0.25, 0.3) is 11.4 Å². The molecule has 49 heavy (non-hydrogen) atoms. The minimum absolute atomic E-state index is 0.0000269. The number of rotatable bonds is 15. The Morgan fingerprint density at radius 3 is 1.98 bits per heavy atom. The Bertz CT molecular complexity index is 1470. The van der Waals surface area contributed by atoms with Crippen LogP contribution in [0.5, 0.6) is 0 Å². The van der Waals surface area contributed by atoms with E-state index in [2.05, 4.69) is 26.1 Å². The van der Waals surface area contributed by atoms with Gasteiger partial charge in [0, 0.05) is 61.1 Å². The summed E-state index contributed by atoms with van der Waals surface area (Å²) in [5.41, 5.74) is 0.386. The summed E-state index contributed by atoms with van der Waals surface area (Å²) < 4.78 is 22.7. The third-order valence-corrected chi connectivity index (χ3v) is 10.4. The molecule has 3 atom stereocenters. The van der Waals surface area contributed by atoms with Crippen LogP contribution in [-0.2, 0) is 36.6 Å². The highest BCUT2D eigenvalue weighted by Crippen LogP contribution is 2.51. The molecule has 2 amide bonds. The highest BCUT2D eigenvalue weighted by Gasteiger charge is 2.53. The summed E-state index contributed by atoms with van der Waals surface area (Å²) in [5, 5.41) is 24.4. The Balaban J connectivity index is 1.62. The van der Waals surface area contributed by atoms with Gasteiger partial charge in [0.05, 0.1) is 16.4 Å². The second-order valence-corrected chi connectivity index (χ2v) is 16.5. The first-order chi connectivity index (χ1) is 23.0. The van der Waals surface area contributed by atoms with Crippen molar-refractivity contribution in [3.05, 3.63) is 79.9 Å². The lowest BCUT2D eigenvalue weighted by Gasteiger charge is -2.41. The molecule has 0 spiro atoms. The second kappa shape index (κ2) is 17.4. The molecule has 0 aliphatic carbocycles. The first-order valence-electron chi connectivity index (χ1n) is 15.7. The standard InChI is InChI=1S/C32H44N4O11SSi/c1-22(37)46-27(16-33-29(38)44-17-23-7-11-25(12-8-23)35(40)41)19-48-21-32(31(2,3)4)15-28(47-49(5)6)34(20-32)30(39)45-18-24-9-13-26(14-10-24)36(42)43/h7-14,27-28,49H,15-21H2,1-6H3,(H,33,38)/t27?,28-,32+/m0/s1. The van der Waals surface area contributed by atoms with Crippen LogP contribution in [0.2, 0.25) is 13.1 Å². The lowest BCUT2D eigenvalue weighted by atomic mass is 9.67. The predicted octanol–water partition coefficient (Wildman–Crippen LogP) is 5.80. The molecular weight excluding hydrogens is 677 g/mol. The minimum atomic E-state index is -1.58. The van der Waals surface area contributed by atoms with Gasteiger partial charge in [-0.15, -0.1) is 0 Å². The van der Waals surface area contributed by atoms with E-state index in [1.54, 1.807) is 17.0 Å². The van der Waals surface area contributed by atoms with Crippen molar-refractivity contribution in [3.8, 4) is 0 Å². The van der Waals surface area contributed by atoms with Crippen LogP contribution in [0.25, 0.3) is 0 Å². The zero-order valence-electron chi connectivity index (χ0n) is 28.5. The predicted molar refractivity (Wildman–Crippen MR) is 184 cm³/mol. The molecule has 0 radical (unpaired) electrons. The summed E-state index contributed by atoms with van der Waals surface area (Å²) in [4.78, 5) is 60.1. The van der Waals surface area contributed by atoms with Crippen molar-refractivity contribution in [1.29, 1.82) is 0 Å². The molecule has 1 fully saturated rings. The Kier molecular flexibility index (Phi) is 14.0. The van der Waals surface area contributed by atoms with Crippen LogP contribution in [0.1, 0.15) is 45.2 Å². The third-order valence-electron chi connectivity index (χ3n) is 8.16. The average Bonchev–Trinajstić information content (AvgIpc) is 3.40. The molecular formula is C32H44N4O11SSi. The largest absolute Gasteiger partial charge is 0.460 e. The molecule has 3 rings (SSSR count). The Morgan fingerprint density at radius 1 is 0.980 bits per heavy atom. The Labute approximate surface area is 291 Å². The molecule has 2 aromatic rings. The van der Waals surface area contributed by atoms with Gasteiger partial charge in [0.15, 0.2) is 9.04 Å². The number of non-ortho nitro benzene ring substituents is 2. The van der Waals surface area contributed by atoms with Gasteiger partial charge >= 0.3 is 18.2 Å². The van der Waals surface area contributed by atoms with Crippen LogP contribution in [-0.4, -0.2) is 78.9 Å². The van der Waals surface area contributed by atoms with E-state index >= 15 is 0 Å². The topological polar surface area (TPSA) is 190 Å². The summed E-state index contributed by atoms with van der Waals surface area (Å²) in [6, 6.07) is 11.5. The first kappa shape index (κ1) is 39.2. The number of esters is 1. The van der Waals surface area contributed by atoms with Crippen molar-refractivity contribution in [2.75, 3.05) is 24.6 Å². The number of nitrogens with zero attached hydrogens (tertiary/aromatic N) is 3. The van der Waals surface area contributed by atoms with Crippen LogP contribution in [0.15, 0.2) is 48.5 Å². The molecule has 1 unspecified atom stereocenters. The zero-order chi connectivity index (χ0) is 36.4. The number of carbonyl (C=O) groups is 3. The van der Waals surface area contributed by atoms with Gasteiger partial charge in [-0.3, -0.25) is 29.9 Å². The molecule has 0 aromatic heterocycles. The molecule has 15 nitrogen and oxygen atoms in total. The Morgan fingerprint density at radius 2 is 1.51 bits per heavy atom. The molecule has 2 aromatic carbocycles. The van der Waals surface area contributed by atoms with Crippen LogP contribution < -0.4 is 5.32 Å². The SMILES string of the molecule is CC(=O)OC(CNC(=O)OCc1ccc([N+](=O)[O-])cc1)CSC[C@@]1(C(C)(C)C)C[C@H](O[SiH](C)C)N(C(=O)OCc2ccc([N+](=O)[O-])cc2)C1. The first-order valence-corrected chi connectivity index (χ1v) is 19.6. The molecule has 1 aliphatic heterocycles. The number of nitro groups is 2. The normalized spacial score (nSPS) is 18.1. The van der Waals surface area contributed by atoms with E-state index in [1.165, 1.54) is 55.1 Å². The van der Waals surface area contributed by atoms with E-state index in [9.17, 15) is 34.6 Å². The monoisotopic (exact) mass is 720 g/mol. The lowest BCUT2D eigenvalue weighted by Crippen LogP contribution is -2.43. The van der Waals surface area contributed by atoms with Crippen LogP contribution in [0.4, 0.5) is 21.0 Å². The maximum atomic E-state index is 13.4. The second-order valence-electron chi connectivity index (χ2n) is 13.1. The number of nitro benzene ring substituents is 2. The number of nitrogens with one attached hydrogen (secondary N) is 1. The van der Waals surface area contributed by atoms with Gasteiger partial charge in [-0.25, -0.2) is 9.59 Å². The number of amides is 2. The number of carbonyl (C=O) groups excluding carboxylic acids is 3. The molecule has 0 saturated carbocycles. The maximum absolute atomic E-state index is 13.4. The van der Waals surface area contributed by atoms with Crippen molar-refractivity contribution in [2.24, 2.45) is 10.8 Å². The highest BCUT2D eigenvalue weighted by atomic mass is 32.2. The van der Waals surface area contributed by atoms with Gasteiger partial charge in [-0.1, -0.05) is 20.8 Å². The third kappa shape index (κ3) is 11.7. The number of benzene rings is 2. The number of alkyl carbamates (subject to hydrolysis) is 1. The zero-order valence-corrected chi connectivity index (χ0v) is 30.5. The van der Waals surface area contributed by atoms with Crippen LogP contribution >= 0.6 is 11.8 Å². The summed E-state index contributed by atoms with van der Waals surface area (Å²) in [5.74, 6) is 0.440. The smallest absolute Gasteiger partial charge is 0.412 e. The molecule has 1 saturated heterocycles. The fourth-order valence-electron chi connectivity index (χ4n) is 5.23. The van der Waals surface area contributed by atoms with E-state index in [1.807, 2.05) is 13.1 Å². The highest BCUT2D eigenvalue weighted by molar-refractivity contribution is 7.99. The fraction of sp³-hybridized carbons (Fsp3) is 0.531. The lowest BCUT2D eigenvalue weighted by molar-refractivity contribution is -0.385. The molecule has 17 heteroatoms. The van der Waals surface area contributed by atoms with E-state index in [-0.39, 0.29) is 36.5 Å². The molecule has 1 heterocycles. The van der Waals surface area contributed by atoms with Crippen molar-refractivity contribution >= 4 is 50.3 Å². The molecule has 1 aliphatic rings. The molecule has 1 N–H and O–H groups in total. The quantitative estimate of drug-likeness (QED) is 0.0767. The number of hydrogen-bond donors (Lipinski definition) is 1. The van der Waals surface area contributed by atoms with Gasteiger partial charge in [-0.2, -0.15) is 11.8 Å². The van der Waals surface area contributed by atoms with E-state index in [4.69, 9.17) is 18.6 Å². The number of ether oxygens (including phenoxy) is 3. The maximum Gasteiger partial charge on any atom is 0.412 e. The van der Waals surface area contributed by atoms with Gasteiger partial charge in [0.2, 0.25) is 0 Å². The molecule has 0 bridgehead atoms. The van der Waals surface area contributed by atoms with E-state index in [0.717, 1.165) is 0 Å². The number of likely N-dealkylation sites (tertiary alicyclic amines) is 1. The average molecular weight is 721 g/mol. The summed E-state index contributed by atoms with van der Waals surface area (Å²) >= 11 is 1.54. The van der Waals surface area contributed by atoms with Crippen molar-refractivity contribution in [3.63, 3.8) is 0 Å². The van der Waals surface area contributed by atoms with Gasteiger partial charge in [0.1, 0.15) is 25.5 Å². The molecule has 268 valence electrons. The Hall–Kier alpha value is -4.22. The van der Waals surface area contributed by atoms with Crippen LogP contribution in [0, 0.1) is 31.1 Å².